The molecule has 1 rings (SSSR count). The van der Waals surface area contributed by atoms with E-state index in [9.17, 15) is 0 Å². The van der Waals surface area contributed by atoms with Crippen molar-refractivity contribution in [2.24, 2.45) is 11.8 Å². The predicted molar refractivity (Wildman–Crippen MR) is 39.8 cm³/mol. The summed E-state index contributed by atoms with van der Waals surface area (Å²) in [6, 6.07) is 0. The van der Waals surface area contributed by atoms with Crippen LogP contribution < -0.4 is 5.32 Å². The van der Waals surface area contributed by atoms with Crippen LogP contribution in [0.4, 0.5) is 0 Å². The Hall–Kier alpha value is 1.06. The van der Waals surface area contributed by atoms with Crippen molar-refractivity contribution in [3.8, 4) is 0 Å². The Kier molecular flexibility index (Phi) is 6.29. The molecule has 0 aromatic carbocycles. The summed E-state index contributed by atoms with van der Waals surface area (Å²) in [4.78, 5) is 0. The van der Waals surface area contributed by atoms with Crippen LogP contribution in [0, 0.1) is 25.7 Å². The first-order valence-electron chi connectivity index (χ1n) is 3.67. The van der Waals surface area contributed by atoms with Gasteiger partial charge in [0, 0.05) is 32.7 Å². The summed E-state index contributed by atoms with van der Waals surface area (Å²) in [6.45, 7) is 10.2. The van der Waals surface area contributed by atoms with Crippen molar-refractivity contribution >= 4 is 0 Å². The van der Waals surface area contributed by atoms with Crippen molar-refractivity contribution in [1.82, 2.24) is 5.32 Å². The van der Waals surface area contributed by atoms with Crippen LogP contribution in [-0.2, 0) is 32.7 Å². The first-order valence-corrected chi connectivity index (χ1v) is 3.67. The molecule has 0 bridgehead atoms. The maximum Gasteiger partial charge on any atom is 0 e. The SMILES string of the molecule is [CH2-]CC1CNCCC1[CH2-].[Y]. The van der Waals surface area contributed by atoms with Crippen molar-refractivity contribution in [3.63, 3.8) is 0 Å². The summed E-state index contributed by atoms with van der Waals surface area (Å²) in [5, 5.41) is 3.34. The van der Waals surface area contributed by atoms with Gasteiger partial charge in [-0.15, -0.1) is 0 Å². The normalized spacial score (nSPS) is 33.0. The minimum atomic E-state index is 0. The molecule has 10 heavy (non-hydrogen) atoms. The van der Waals surface area contributed by atoms with Crippen molar-refractivity contribution in [3.05, 3.63) is 13.8 Å². The van der Waals surface area contributed by atoms with Gasteiger partial charge in [0.1, 0.15) is 0 Å². The Balaban J connectivity index is 0.000000810. The molecule has 2 heteroatoms. The number of hydrogen-bond acceptors (Lipinski definition) is 1. The molecule has 1 saturated heterocycles. The van der Waals surface area contributed by atoms with E-state index in [0.29, 0.717) is 5.92 Å². The summed E-state index contributed by atoms with van der Waals surface area (Å²) in [7, 11) is 0. The molecule has 1 fully saturated rings. The van der Waals surface area contributed by atoms with E-state index in [1.165, 1.54) is 6.42 Å². The third-order valence-electron chi connectivity index (χ3n) is 2.14. The van der Waals surface area contributed by atoms with Gasteiger partial charge in [0.05, 0.1) is 0 Å². The molecular weight excluding hydrogens is 199 g/mol. The van der Waals surface area contributed by atoms with Gasteiger partial charge in [-0.25, -0.2) is 0 Å². The molecule has 57 valence electrons. The second kappa shape index (κ2) is 5.68. The molecule has 1 N–H and O–H groups in total. The van der Waals surface area contributed by atoms with Gasteiger partial charge in [0.2, 0.25) is 0 Å². The number of nitrogens with one attached hydrogen (secondary N) is 1. The second-order valence-corrected chi connectivity index (χ2v) is 2.80. The van der Waals surface area contributed by atoms with Crippen LogP contribution in [0.2, 0.25) is 0 Å². The summed E-state index contributed by atoms with van der Waals surface area (Å²) in [5.74, 6) is 1.36. The van der Waals surface area contributed by atoms with Crippen molar-refractivity contribution < 1.29 is 32.7 Å². The maximum absolute atomic E-state index is 4.07. The van der Waals surface area contributed by atoms with E-state index in [4.69, 9.17) is 0 Å². The van der Waals surface area contributed by atoms with Gasteiger partial charge in [-0.2, -0.15) is 12.3 Å². The van der Waals surface area contributed by atoms with E-state index in [1.807, 2.05) is 0 Å². The first kappa shape index (κ1) is 11.1. The molecular formula is C8H15NY-2. The minimum Gasteiger partial charge on any atom is -0.343 e. The third kappa shape index (κ3) is 2.98. The van der Waals surface area contributed by atoms with Gasteiger partial charge in [-0.05, 0) is 13.1 Å². The number of rotatable bonds is 1. The molecule has 0 aromatic heterocycles. The average Bonchev–Trinajstić information content (AvgIpc) is 1.89. The van der Waals surface area contributed by atoms with Crippen molar-refractivity contribution in [2.75, 3.05) is 13.1 Å². The van der Waals surface area contributed by atoms with E-state index in [1.54, 1.807) is 0 Å². The van der Waals surface area contributed by atoms with Crippen LogP contribution in [-0.4, -0.2) is 13.1 Å². The average molecular weight is 214 g/mol. The molecule has 1 heterocycles. The van der Waals surface area contributed by atoms with Crippen LogP contribution in [0.25, 0.3) is 0 Å². The standard InChI is InChI=1S/C8H15N.Y/c1-3-8-6-9-5-4-7(8)2;/h7-9H,1-6H2;/q-2;. The molecule has 0 amide bonds. The Morgan fingerprint density at radius 1 is 1.50 bits per heavy atom. The quantitative estimate of drug-likeness (QED) is 0.648. The van der Waals surface area contributed by atoms with Gasteiger partial charge < -0.3 is 19.2 Å². The summed E-state index contributed by atoms with van der Waals surface area (Å²) in [6.07, 6.45) is 2.25. The molecule has 2 atom stereocenters. The van der Waals surface area contributed by atoms with Crippen molar-refractivity contribution in [2.45, 2.75) is 12.8 Å². The molecule has 1 radical (unpaired) electrons. The third-order valence-corrected chi connectivity index (χ3v) is 2.14. The summed E-state index contributed by atoms with van der Waals surface area (Å²) in [5.41, 5.74) is 0. The maximum atomic E-state index is 4.07. The van der Waals surface area contributed by atoms with Crippen molar-refractivity contribution in [1.29, 1.82) is 0 Å². The molecule has 1 nitrogen and oxygen atoms in total. The molecule has 0 aliphatic carbocycles. The molecule has 0 spiro atoms. The second-order valence-electron chi connectivity index (χ2n) is 2.80. The van der Waals surface area contributed by atoms with E-state index in [2.05, 4.69) is 19.2 Å². The largest absolute Gasteiger partial charge is 0.343 e. The van der Waals surface area contributed by atoms with Crippen LogP contribution in [0.5, 0.6) is 0 Å². The molecule has 1 aliphatic heterocycles. The van der Waals surface area contributed by atoms with Crippen LogP contribution in [0.1, 0.15) is 12.8 Å². The topological polar surface area (TPSA) is 12.0 Å². The van der Waals surface area contributed by atoms with Gasteiger partial charge in [-0.3, -0.25) is 0 Å². The van der Waals surface area contributed by atoms with E-state index >= 15 is 0 Å². The van der Waals surface area contributed by atoms with E-state index in [-0.39, 0.29) is 32.7 Å². The summed E-state index contributed by atoms with van der Waals surface area (Å²) < 4.78 is 0. The van der Waals surface area contributed by atoms with Crippen LogP contribution in [0.15, 0.2) is 0 Å². The van der Waals surface area contributed by atoms with Gasteiger partial charge in [0.25, 0.3) is 0 Å². The Morgan fingerprint density at radius 2 is 2.20 bits per heavy atom. The first-order chi connectivity index (χ1) is 4.34. The molecule has 1 aliphatic rings. The van der Waals surface area contributed by atoms with E-state index in [0.717, 1.165) is 25.4 Å². The van der Waals surface area contributed by atoms with E-state index < -0.39 is 0 Å². The zero-order chi connectivity index (χ0) is 6.69. The van der Waals surface area contributed by atoms with Gasteiger partial charge >= 0.3 is 0 Å². The van der Waals surface area contributed by atoms with Gasteiger partial charge in [0.15, 0.2) is 0 Å². The monoisotopic (exact) mass is 214 g/mol. The van der Waals surface area contributed by atoms with Crippen LogP contribution >= 0.6 is 0 Å². The molecule has 0 saturated carbocycles. The fourth-order valence-electron chi connectivity index (χ4n) is 1.32. The smallest absolute Gasteiger partial charge is 0 e. The Morgan fingerprint density at radius 3 is 2.60 bits per heavy atom. The minimum absolute atomic E-state index is 0. The zero-order valence-corrected chi connectivity index (χ0v) is 9.31. The van der Waals surface area contributed by atoms with Gasteiger partial charge in [-0.1, -0.05) is 12.3 Å². The Bertz CT molecular complexity index is 85.3. The summed E-state index contributed by atoms with van der Waals surface area (Å²) >= 11 is 0. The van der Waals surface area contributed by atoms with Crippen LogP contribution in [0.3, 0.4) is 0 Å². The predicted octanol–water partition coefficient (Wildman–Crippen LogP) is 1.27. The Labute approximate surface area is 89.2 Å². The number of hydrogen-bond donors (Lipinski definition) is 1. The zero-order valence-electron chi connectivity index (χ0n) is 6.47. The fraction of sp³-hybridized carbons (Fsp3) is 0.750. The number of piperidine rings is 1. The molecule has 0 aromatic rings. The fourth-order valence-corrected chi connectivity index (χ4v) is 1.32. The molecule has 2 unspecified atom stereocenters.